The molecule has 0 aromatic heterocycles. The van der Waals surface area contributed by atoms with Crippen LogP contribution in [-0.4, -0.2) is 69.5 Å². The molecule has 6 nitrogen and oxygen atoms in total. The highest BCUT2D eigenvalue weighted by atomic mass is 16.5. The van der Waals surface area contributed by atoms with Crippen LogP contribution in [-0.2, 0) is 14.3 Å². The zero-order chi connectivity index (χ0) is 13.2. The van der Waals surface area contributed by atoms with Crippen LogP contribution in [0, 0.1) is 0 Å². The Hall–Kier alpha value is -0.690. The second-order valence-corrected chi connectivity index (χ2v) is 4.32. The zero-order valence-corrected chi connectivity index (χ0v) is 11.2. The van der Waals surface area contributed by atoms with Crippen LogP contribution in [0.3, 0.4) is 0 Å². The smallest absolute Gasteiger partial charge is 0.239 e. The van der Waals surface area contributed by atoms with Gasteiger partial charge in [-0.3, -0.25) is 9.69 Å². The van der Waals surface area contributed by atoms with Crippen LogP contribution in [0.15, 0.2) is 0 Å². The third-order valence-corrected chi connectivity index (χ3v) is 2.88. The molecule has 1 aliphatic rings. The van der Waals surface area contributed by atoms with E-state index in [1.807, 2.05) is 6.92 Å². The van der Waals surface area contributed by atoms with Crippen molar-refractivity contribution in [2.45, 2.75) is 19.4 Å². The lowest BCUT2D eigenvalue weighted by Gasteiger charge is -2.34. The SMILES string of the molecule is CCCNC(=O)C1COCCN1CCOCCN. The average molecular weight is 259 g/mol. The normalized spacial score (nSPS) is 20.9. The summed E-state index contributed by atoms with van der Waals surface area (Å²) in [6.45, 7) is 7.11. The molecule has 18 heavy (non-hydrogen) atoms. The molecule has 1 unspecified atom stereocenters. The Morgan fingerprint density at radius 2 is 2.39 bits per heavy atom. The van der Waals surface area contributed by atoms with E-state index in [0.717, 1.165) is 19.5 Å². The Morgan fingerprint density at radius 1 is 1.56 bits per heavy atom. The summed E-state index contributed by atoms with van der Waals surface area (Å²) in [7, 11) is 0. The fourth-order valence-corrected chi connectivity index (χ4v) is 1.88. The number of morpholine rings is 1. The molecule has 3 N–H and O–H groups in total. The molecule has 0 spiro atoms. The Morgan fingerprint density at radius 3 is 3.11 bits per heavy atom. The van der Waals surface area contributed by atoms with Gasteiger partial charge in [0.25, 0.3) is 0 Å². The largest absolute Gasteiger partial charge is 0.379 e. The standard InChI is InChI=1S/C12H25N3O3/c1-2-4-14-12(16)11-10-18-9-6-15(11)5-8-17-7-3-13/h11H,2-10,13H2,1H3,(H,14,16). The van der Waals surface area contributed by atoms with Gasteiger partial charge in [-0.1, -0.05) is 6.92 Å². The van der Waals surface area contributed by atoms with Crippen LogP contribution in [0.5, 0.6) is 0 Å². The molecule has 0 bridgehead atoms. The lowest BCUT2D eigenvalue weighted by molar-refractivity contribution is -0.133. The van der Waals surface area contributed by atoms with E-state index >= 15 is 0 Å². The number of carbonyl (C=O) groups is 1. The maximum absolute atomic E-state index is 12.0. The number of ether oxygens (including phenoxy) is 2. The average Bonchev–Trinajstić information content (AvgIpc) is 2.41. The molecule has 1 atom stereocenters. The number of amides is 1. The summed E-state index contributed by atoms with van der Waals surface area (Å²) in [5.74, 6) is 0.0513. The summed E-state index contributed by atoms with van der Waals surface area (Å²) in [5, 5.41) is 2.91. The van der Waals surface area contributed by atoms with E-state index in [9.17, 15) is 4.79 Å². The summed E-state index contributed by atoms with van der Waals surface area (Å²) in [5.41, 5.74) is 5.36. The molecular weight excluding hydrogens is 234 g/mol. The molecule has 1 saturated heterocycles. The summed E-state index contributed by atoms with van der Waals surface area (Å²) in [6.07, 6.45) is 0.943. The van der Waals surface area contributed by atoms with Gasteiger partial charge in [-0.25, -0.2) is 0 Å². The minimum absolute atomic E-state index is 0.0513. The first-order valence-electron chi connectivity index (χ1n) is 6.67. The fraction of sp³-hybridized carbons (Fsp3) is 0.917. The molecule has 1 heterocycles. The van der Waals surface area contributed by atoms with Gasteiger partial charge in [0, 0.05) is 26.2 Å². The second-order valence-electron chi connectivity index (χ2n) is 4.32. The van der Waals surface area contributed by atoms with Gasteiger partial charge in [0.05, 0.1) is 26.4 Å². The van der Waals surface area contributed by atoms with Crippen LogP contribution in [0.2, 0.25) is 0 Å². The van der Waals surface area contributed by atoms with Crippen molar-refractivity contribution in [3.8, 4) is 0 Å². The summed E-state index contributed by atoms with van der Waals surface area (Å²) in [4.78, 5) is 14.1. The van der Waals surface area contributed by atoms with Crippen molar-refractivity contribution in [1.29, 1.82) is 0 Å². The fourth-order valence-electron chi connectivity index (χ4n) is 1.88. The quantitative estimate of drug-likeness (QED) is 0.558. The van der Waals surface area contributed by atoms with Crippen molar-refractivity contribution in [3.63, 3.8) is 0 Å². The molecule has 1 aliphatic heterocycles. The minimum Gasteiger partial charge on any atom is -0.379 e. The van der Waals surface area contributed by atoms with E-state index in [0.29, 0.717) is 39.5 Å². The number of hydrogen-bond donors (Lipinski definition) is 2. The Bertz CT molecular complexity index is 239. The monoisotopic (exact) mass is 259 g/mol. The number of nitrogens with one attached hydrogen (secondary N) is 1. The van der Waals surface area contributed by atoms with E-state index in [2.05, 4.69) is 10.2 Å². The highest BCUT2D eigenvalue weighted by Gasteiger charge is 2.28. The number of nitrogens with zero attached hydrogens (tertiary/aromatic N) is 1. The lowest BCUT2D eigenvalue weighted by Crippen LogP contribution is -2.54. The van der Waals surface area contributed by atoms with Crippen molar-refractivity contribution in [2.75, 3.05) is 52.6 Å². The highest BCUT2D eigenvalue weighted by Crippen LogP contribution is 2.06. The predicted octanol–water partition coefficient (Wildman–Crippen LogP) is -0.811. The molecule has 0 radical (unpaired) electrons. The van der Waals surface area contributed by atoms with E-state index < -0.39 is 0 Å². The van der Waals surface area contributed by atoms with E-state index in [1.54, 1.807) is 0 Å². The molecule has 1 fully saturated rings. The molecule has 0 saturated carbocycles. The number of carbonyl (C=O) groups excluding carboxylic acids is 1. The topological polar surface area (TPSA) is 76.8 Å². The van der Waals surface area contributed by atoms with E-state index in [1.165, 1.54) is 0 Å². The second kappa shape index (κ2) is 9.27. The van der Waals surface area contributed by atoms with Crippen molar-refractivity contribution in [1.82, 2.24) is 10.2 Å². The molecule has 0 aliphatic carbocycles. The van der Waals surface area contributed by atoms with Gasteiger partial charge in [0.15, 0.2) is 0 Å². The van der Waals surface area contributed by atoms with Gasteiger partial charge in [-0.2, -0.15) is 0 Å². The predicted molar refractivity (Wildman–Crippen MR) is 69.4 cm³/mol. The molecule has 106 valence electrons. The molecule has 0 aromatic carbocycles. The third kappa shape index (κ3) is 5.30. The van der Waals surface area contributed by atoms with Crippen LogP contribution >= 0.6 is 0 Å². The van der Waals surface area contributed by atoms with Crippen molar-refractivity contribution >= 4 is 5.91 Å². The third-order valence-electron chi connectivity index (χ3n) is 2.88. The maximum atomic E-state index is 12.0. The molecular formula is C12H25N3O3. The molecule has 0 aromatic rings. The van der Waals surface area contributed by atoms with Gasteiger partial charge < -0.3 is 20.5 Å². The molecule has 6 heteroatoms. The first-order chi connectivity index (χ1) is 8.79. The van der Waals surface area contributed by atoms with Gasteiger partial charge in [0.1, 0.15) is 6.04 Å². The van der Waals surface area contributed by atoms with Crippen molar-refractivity contribution in [2.24, 2.45) is 5.73 Å². The van der Waals surface area contributed by atoms with Gasteiger partial charge in [0.2, 0.25) is 5.91 Å². The number of rotatable bonds is 8. The Kier molecular flexibility index (Phi) is 7.91. The molecule has 1 amide bonds. The van der Waals surface area contributed by atoms with E-state index in [-0.39, 0.29) is 11.9 Å². The summed E-state index contributed by atoms with van der Waals surface area (Å²) >= 11 is 0. The minimum atomic E-state index is -0.188. The van der Waals surface area contributed by atoms with E-state index in [4.69, 9.17) is 15.2 Å². The van der Waals surface area contributed by atoms with Crippen LogP contribution < -0.4 is 11.1 Å². The first-order valence-corrected chi connectivity index (χ1v) is 6.67. The summed E-state index contributed by atoms with van der Waals surface area (Å²) in [6, 6.07) is -0.188. The van der Waals surface area contributed by atoms with Gasteiger partial charge in [-0.05, 0) is 6.42 Å². The first kappa shape index (κ1) is 15.4. The van der Waals surface area contributed by atoms with Gasteiger partial charge in [-0.15, -0.1) is 0 Å². The van der Waals surface area contributed by atoms with Crippen LogP contribution in [0.1, 0.15) is 13.3 Å². The number of hydrogen-bond acceptors (Lipinski definition) is 5. The molecule has 1 rings (SSSR count). The van der Waals surface area contributed by atoms with Gasteiger partial charge >= 0.3 is 0 Å². The van der Waals surface area contributed by atoms with Crippen molar-refractivity contribution in [3.05, 3.63) is 0 Å². The van der Waals surface area contributed by atoms with Crippen molar-refractivity contribution < 1.29 is 14.3 Å². The maximum Gasteiger partial charge on any atom is 0.239 e. The summed E-state index contributed by atoms with van der Waals surface area (Å²) < 4.78 is 10.7. The highest BCUT2D eigenvalue weighted by molar-refractivity contribution is 5.81. The number of nitrogens with two attached hydrogens (primary N) is 1. The Labute approximate surface area is 109 Å². The Balaban J connectivity index is 2.33. The van der Waals surface area contributed by atoms with Crippen LogP contribution in [0.4, 0.5) is 0 Å². The van der Waals surface area contributed by atoms with Crippen LogP contribution in [0.25, 0.3) is 0 Å². The zero-order valence-electron chi connectivity index (χ0n) is 11.2. The lowest BCUT2D eigenvalue weighted by atomic mass is 10.2.